The van der Waals surface area contributed by atoms with Crippen molar-refractivity contribution in [1.82, 2.24) is 21.3 Å². The zero-order chi connectivity index (χ0) is 16.2. The fraction of sp³-hybridized carbons (Fsp3) is 0.857. The summed E-state index contributed by atoms with van der Waals surface area (Å²) in [5.74, 6) is 0.0229. The highest BCUT2D eigenvalue weighted by Gasteiger charge is 2.12. The summed E-state index contributed by atoms with van der Waals surface area (Å²) in [6.07, 6.45) is 0. The number of halogens is 3. The van der Waals surface area contributed by atoms with E-state index < -0.39 is 0 Å². The number of carbonyl (C=O) groups excluding carboxylic acids is 2. The summed E-state index contributed by atoms with van der Waals surface area (Å²) >= 11 is 0. The molecule has 11 heteroatoms. The van der Waals surface area contributed by atoms with E-state index in [0.717, 1.165) is 26.3 Å². The Bertz CT molecular complexity index is 310. The van der Waals surface area contributed by atoms with Gasteiger partial charge in [-0.25, -0.2) is 0 Å². The van der Waals surface area contributed by atoms with Crippen molar-refractivity contribution in [3.8, 4) is 0 Å². The highest BCUT2D eigenvalue weighted by atomic mass is 35.5. The molecule has 0 aliphatic carbocycles. The smallest absolute Gasteiger partial charge is 0.216 e. The molecule has 0 aromatic rings. The summed E-state index contributed by atoms with van der Waals surface area (Å²) in [4.78, 5) is 21.0. The van der Waals surface area contributed by atoms with Crippen LogP contribution in [0.4, 0.5) is 0 Å². The van der Waals surface area contributed by atoms with Gasteiger partial charge in [0.15, 0.2) is 0 Å². The Morgan fingerprint density at radius 1 is 0.840 bits per heavy atom. The Labute approximate surface area is 168 Å². The molecule has 2 rings (SSSR count). The third kappa shape index (κ3) is 16.8. The van der Waals surface area contributed by atoms with Crippen molar-refractivity contribution in [1.29, 1.82) is 0 Å². The third-order valence-electron chi connectivity index (χ3n) is 3.19. The summed E-state index contributed by atoms with van der Waals surface area (Å²) in [7, 11) is 0. The molecular formula is C14H31Cl3N4O4. The van der Waals surface area contributed by atoms with Crippen LogP contribution in [-0.4, -0.2) is 76.5 Å². The van der Waals surface area contributed by atoms with Gasteiger partial charge in [-0.15, -0.1) is 37.2 Å². The predicted octanol–water partition coefficient (Wildman–Crippen LogP) is -0.513. The van der Waals surface area contributed by atoms with Crippen LogP contribution in [0.25, 0.3) is 0 Å². The number of hydrogen-bond donors (Lipinski definition) is 4. The lowest BCUT2D eigenvalue weighted by Gasteiger charge is -2.23. The quantitative estimate of drug-likeness (QED) is 0.484. The van der Waals surface area contributed by atoms with Gasteiger partial charge in [0.05, 0.1) is 26.4 Å². The van der Waals surface area contributed by atoms with E-state index in [0.29, 0.717) is 26.3 Å². The number of carbonyl (C=O) groups is 2. The second-order valence-electron chi connectivity index (χ2n) is 5.33. The lowest BCUT2D eigenvalue weighted by Crippen LogP contribution is -2.47. The van der Waals surface area contributed by atoms with Crippen LogP contribution in [0.2, 0.25) is 0 Å². The number of ether oxygens (including phenoxy) is 2. The average Bonchev–Trinajstić information content (AvgIpc) is 2.53. The van der Waals surface area contributed by atoms with Gasteiger partial charge in [0.2, 0.25) is 11.8 Å². The lowest BCUT2D eigenvalue weighted by atomic mass is 10.3. The molecule has 2 fully saturated rings. The molecule has 0 saturated carbocycles. The van der Waals surface area contributed by atoms with E-state index in [1.165, 1.54) is 13.8 Å². The Kier molecular flexibility index (Phi) is 21.7. The molecule has 0 bridgehead atoms. The molecule has 0 radical (unpaired) electrons. The van der Waals surface area contributed by atoms with Gasteiger partial charge in [-0.2, -0.15) is 0 Å². The van der Waals surface area contributed by atoms with Crippen LogP contribution in [0.3, 0.4) is 0 Å². The zero-order valence-electron chi connectivity index (χ0n) is 14.7. The van der Waals surface area contributed by atoms with Crippen molar-refractivity contribution < 1.29 is 19.1 Å². The molecule has 2 atom stereocenters. The molecule has 2 unspecified atom stereocenters. The van der Waals surface area contributed by atoms with E-state index in [4.69, 9.17) is 9.47 Å². The Hall–Kier alpha value is -0.350. The van der Waals surface area contributed by atoms with Crippen LogP contribution in [0.1, 0.15) is 13.8 Å². The molecule has 0 aromatic heterocycles. The van der Waals surface area contributed by atoms with Crippen molar-refractivity contribution in [2.24, 2.45) is 0 Å². The minimum atomic E-state index is 0. The molecule has 2 amide bonds. The molecular weight excluding hydrogens is 395 g/mol. The van der Waals surface area contributed by atoms with Crippen molar-refractivity contribution in [2.75, 3.05) is 52.6 Å². The van der Waals surface area contributed by atoms with Crippen molar-refractivity contribution >= 4 is 49.0 Å². The second kappa shape index (κ2) is 18.4. The van der Waals surface area contributed by atoms with Gasteiger partial charge in [0, 0.05) is 52.1 Å². The van der Waals surface area contributed by atoms with E-state index in [1.54, 1.807) is 0 Å². The van der Waals surface area contributed by atoms with Gasteiger partial charge in [-0.3, -0.25) is 9.59 Å². The third-order valence-corrected chi connectivity index (χ3v) is 3.19. The highest BCUT2D eigenvalue weighted by Crippen LogP contribution is 1.91. The summed E-state index contributed by atoms with van der Waals surface area (Å²) < 4.78 is 10.4. The van der Waals surface area contributed by atoms with Gasteiger partial charge in [-0.1, -0.05) is 0 Å². The number of amides is 2. The molecule has 2 saturated heterocycles. The first-order valence-electron chi connectivity index (χ1n) is 7.69. The first kappa shape index (κ1) is 29.4. The van der Waals surface area contributed by atoms with Crippen LogP contribution in [0.15, 0.2) is 0 Å². The average molecular weight is 426 g/mol. The largest absolute Gasteiger partial charge is 0.378 e. The number of nitrogens with one attached hydrogen (secondary N) is 4. The Balaban J connectivity index is -0.000000346. The molecule has 2 heterocycles. The number of morpholine rings is 2. The standard InChI is InChI=1S/2C7H14N2O2.3ClH/c2*1-6(10)9-4-7-5-11-3-2-8-7;;;/h2*7-8H,2-5H2,1H3,(H,9,10);3*1H. The maximum Gasteiger partial charge on any atom is 0.216 e. The summed E-state index contributed by atoms with van der Waals surface area (Å²) in [6.45, 7) is 9.06. The molecule has 0 spiro atoms. The Morgan fingerprint density at radius 2 is 1.20 bits per heavy atom. The van der Waals surface area contributed by atoms with E-state index >= 15 is 0 Å². The first-order valence-corrected chi connectivity index (χ1v) is 7.69. The minimum Gasteiger partial charge on any atom is -0.378 e. The Morgan fingerprint density at radius 3 is 1.44 bits per heavy atom. The maximum absolute atomic E-state index is 10.5. The monoisotopic (exact) mass is 424 g/mol. The fourth-order valence-electron chi connectivity index (χ4n) is 2.04. The summed E-state index contributed by atoms with van der Waals surface area (Å²) in [5.41, 5.74) is 0. The van der Waals surface area contributed by atoms with Gasteiger partial charge in [-0.05, 0) is 0 Å². The van der Waals surface area contributed by atoms with Crippen molar-refractivity contribution in [3.05, 3.63) is 0 Å². The molecule has 2 aliphatic rings. The van der Waals surface area contributed by atoms with Crippen LogP contribution in [0.5, 0.6) is 0 Å². The highest BCUT2D eigenvalue weighted by molar-refractivity contribution is 5.86. The zero-order valence-corrected chi connectivity index (χ0v) is 17.1. The van der Waals surface area contributed by atoms with Crippen molar-refractivity contribution in [2.45, 2.75) is 25.9 Å². The molecule has 25 heavy (non-hydrogen) atoms. The van der Waals surface area contributed by atoms with E-state index in [1.807, 2.05) is 0 Å². The summed E-state index contributed by atoms with van der Waals surface area (Å²) in [6, 6.07) is 0.570. The second-order valence-corrected chi connectivity index (χ2v) is 5.33. The van der Waals surface area contributed by atoms with Crippen LogP contribution >= 0.6 is 37.2 Å². The van der Waals surface area contributed by atoms with E-state index in [2.05, 4.69) is 21.3 Å². The van der Waals surface area contributed by atoms with Crippen LogP contribution in [-0.2, 0) is 19.1 Å². The topological polar surface area (TPSA) is 101 Å². The van der Waals surface area contributed by atoms with Gasteiger partial charge >= 0.3 is 0 Å². The lowest BCUT2D eigenvalue weighted by molar-refractivity contribution is -0.120. The van der Waals surface area contributed by atoms with Crippen LogP contribution < -0.4 is 21.3 Å². The predicted molar refractivity (Wildman–Crippen MR) is 104 cm³/mol. The maximum atomic E-state index is 10.5. The molecule has 152 valence electrons. The van der Waals surface area contributed by atoms with Gasteiger partial charge in [0.25, 0.3) is 0 Å². The first-order chi connectivity index (χ1) is 10.6. The minimum absolute atomic E-state index is 0. The van der Waals surface area contributed by atoms with Crippen molar-refractivity contribution in [3.63, 3.8) is 0 Å². The van der Waals surface area contributed by atoms with E-state index in [-0.39, 0.29) is 61.1 Å². The molecule has 8 nitrogen and oxygen atoms in total. The summed E-state index contributed by atoms with van der Waals surface area (Å²) in [5, 5.41) is 11.9. The fourth-order valence-corrected chi connectivity index (χ4v) is 2.04. The SMILES string of the molecule is CC(=O)NCC1COCCN1.CC(=O)NCC1COCCN1.Cl.Cl.Cl. The normalized spacial score (nSPS) is 21.7. The molecule has 4 N–H and O–H groups in total. The molecule has 0 aromatic carbocycles. The molecule has 2 aliphatic heterocycles. The van der Waals surface area contributed by atoms with E-state index in [9.17, 15) is 9.59 Å². The number of rotatable bonds is 4. The van der Waals surface area contributed by atoms with Gasteiger partial charge < -0.3 is 30.7 Å². The number of hydrogen-bond acceptors (Lipinski definition) is 6. The van der Waals surface area contributed by atoms with Gasteiger partial charge in [0.1, 0.15) is 0 Å². The van der Waals surface area contributed by atoms with Crippen LogP contribution in [0, 0.1) is 0 Å².